The molecule has 0 saturated heterocycles. The van der Waals surface area contributed by atoms with E-state index < -0.39 is 30.0 Å². The first-order chi connectivity index (χ1) is 14.3. The van der Waals surface area contributed by atoms with Crippen LogP contribution in [0.25, 0.3) is 0 Å². The minimum absolute atomic E-state index is 0.129. The Morgan fingerprint density at radius 1 is 1.10 bits per heavy atom. The van der Waals surface area contributed by atoms with E-state index in [1.54, 1.807) is 19.1 Å². The molecule has 1 N–H and O–H groups in total. The third-order valence-electron chi connectivity index (χ3n) is 3.80. The van der Waals surface area contributed by atoms with Gasteiger partial charge in [0.15, 0.2) is 11.4 Å². The lowest BCUT2D eigenvalue weighted by Crippen LogP contribution is -2.41. The van der Waals surface area contributed by atoms with Crippen LogP contribution in [0.5, 0.6) is 17.2 Å². The molecule has 2 rings (SSSR count). The number of amides is 1. The maximum atomic E-state index is 12.6. The molecule has 1 aromatic carbocycles. The summed E-state index contributed by atoms with van der Waals surface area (Å²) in [5, 5.41) is 2.48. The van der Waals surface area contributed by atoms with Crippen molar-refractivity contribution in [1.29, 1.82) is 0 Å². The van der Waals surface area contributed by atoms with Crippen molar-refractivity contribution in [2.75, 3.05) is 13.7 Å². The smallest absolute Gasteiger partial charge is 0.328 e. The van der Waals surface area contributed by atoms with Crippen molar-refractivity contribution >= 4 is 17.8 Å². The summed E-state index contributed by atoms with van der Waals surface area (Å²) in [5.41, 5.74) is -0.190. The predicted octanol–water partition coefficient (Wildman–Crippen LogP) is 2.14. The van der Waals surface area contributed by atoms with Crippen LogP contribution in [0.1, 0.15) is 31.3 Å². The second-order valence-electron chi connectivity index (χ2n) is 6.35. The molecule has 9 heteroatoms. The Balaban J connectivity index is 1.96. The van der Waals surface area contributed by atoms with Crippen LogP contribution in [0.15, 0.2) is 42.6 Å². The summed E-state index contributed by atoms with van der Waals surface area (Å²) in [6.45, 7) is 4.49. The Bertz CT molecular complexity index is 886. The number of methoxy groups -OCH3 is 1. The highest BCUT2D eigenvalue weighted by molar-refractivity contribution is 5.98. The van der Waals surface area contributed by atoms with Gasteiger partial charge in [-0.2, -0.15) is 0 Å². The molecular formula is C21H24N2O7. The Morgan fingerprint density at radius 3 is 2.43 bits per heavy atom. The molecule has 1 heterocycles. The Kier molecular flexibility index (Phi) is 8.16. The van der Waals surface area contributed by atoms with Crippen LogP contribution in [-0.4, -0.2) is 48.7 Å². The SMILES string of the molecule is COc1ccnc(C(=O)N[C@@H](C)C(=O)O[C@@H](C)COc2ccccc2)c1OC(C)=O. The second kappa shape index (κ2) is 10.8. The minimum Gasteiger partial charge on any atom is -0.493 e. The number of hydrogen-bond acceptors (Lipinski definition) is 8. The molecule has 2 aromatic rings. The van der Waals surface area contributed by atoms with Crippen molar-refractivity contribution < 1.29 is 33.3 Å². The molecule has 9 nitrogen and oxygen atoms in total. The maximum absolute atomic E-state index is 12.6. The fraction of sp³-hybridized carbons (Fsp3) is 0.333. The largest absolute Gasteiger partial charge is 0.493 e. The van der Waals surface area contributed by atoms with Gasteiger partial charge in [-0.05, 0) is 26.0 Å². The van der Waals surface area contributed by atoms with E-state index in [1.165, 1.54) is 33.2 Å². The van der Waals surface area contributed by atoms with Crippen molar-refractivity contribution in [3.63, 3.8) is 0 Å². The molecule has 2 atom stereocenters. The van der Waals surface area contributed by atoms with Gasteiger partial charge in [-0.3, -0.25) is 9.59 Å². The number of ether oxygens (including phenoxy) is 4. The number of esters is 2. The van der Waals surface area contributed by atoms with E-state index in [9.17, 15) is 14.4 Å². The van der Waals surface area contributed by atoms with Gasteiger partial charge >= 0.3 is 11.9 Å². The predicted molar refractivity (Wildman–Crippen MR) is 107 cm³/mol. The summed E-state index contributed by atoms with van der Waals surface area (Å²) in [7, 11) is 1.36. The van der Waals surface area contributed by atoms with Gasteiger partial charge in [0.2, 0.25) is 5.75 Å². The highest BCUT2D eigenvalue weighted by Gasteiger charge is 2.25. The van der Waals surface area contributed by atoms with Crippen LogP contribution < -0.4 is 19.5 Å². The Labute approximate surface area is 174 Å². The zero-order valence-corrected chi connectivity index (χ0v) is 17.2. The van der Waals surface area contributed by atoms with E-state index >= 15 is 0 Å². The first-order valence-electron chi connectivity index (χ1n) is 9.22. The van der Waals surface area contributed by atoms with Crippen LogP contribution in [-0.2, 0) is 14.3 Å². The second-order valence-corrected chi connectivity index (χ2v) is 6.35. The van der Waals surface area contributed by atoms with Crippen LogP contribution in [0.3, 0.4) is 0 Å². The molecule has 1 aromatic heterocycles. The molecule has 0 saturated carbocycles. The lowest BCUT2D eigenvalue weighted by atomic mass is 10.2. The third kappa shape index (κ3) is 6.47. The van der Waals surface area contributed by atoms with E-state index in [0.29, 0.717) is 5.75 Å². The Hall–Kier alpha value is -3.62. The van der Waals surface area contributed by atoms with Crippen molar-refractivity contribution in [3.05, 3.63) is 48.3 Å². The minimum atomic E-state index is -0.977. The van der Waals surface area contributed by atoms with Crippen molar-refractivity contribution in [1.82, 2.24) is 10.3 Å². The number of nitrogens with one attached hydrogen (secondary N) is 1. The topological polar surface area (TPSA) is 113 Å². The first-order valence-corrected chi connectivity index (χ1v) is 9.22. The van der Waals surface area contributed by atoms with Gasteiger partial charge in [-0.1, -0.05) is 18.2 Å². The lowest BCUT2D eigenvalue weighted by Gasteiger charge is -2.18. The summed E-state index contributed by atoms with van der Waals surface area (Å²) in [4.78, 5) is 40.2. The van der Waals surface area contributed by atoms with E-state index in [1.807, 2.05) is 18.2 Å². The monoisotopic (exact) mass is 416 g/mol. The number of carbonyl (C=O) groups is 3. The van der Waals surface area contributed by atoms with Gasteiger partial charge in [0.25, 0.3) is 5.91 Å². The number of aromatic nitrogens is 1. The van der Waals surface area contributed by atoms with Crippen LogP contribution in [0.4, 0.5) is 0 Å². The summed E-state index contributed by atoms with van der Waals surface area (Å²) >= 11 is 0. The quantitative estimate of drug-likeness (QED) is 0.619. The summed E-state index contributed by atoms with van der Waals surface area (Å²) in [5.74, 6) is -1.33. The highest BCUT2D eigenvalue weighted by atomic mass is 16.6. The van der Waals surface area contributed by atoms with Crippen LogP contribution >= 0.6 is 0 Å². The van der Waals surface area contributed by atoms with Crippen LogP contribution in [0.2, 0.25) is 0 Å². The zero-order valence-electron chi connectivity index (χ0n) is 17.2. The summed E-state index contributed by atoms with van der Waals surface area (Å²) < 4.78 is 21.0. The molecule has 0 radical (unpaired) electrons. The molecule has 0 unspecified atom stereocenters. The van der Waals surface area contributed by atoms with Gasteiger partial charge < -0.3 is 24.3 Å². The number of hydrogen-bond donors (Lipinski definition) is 1. The number of benzene rings is 1. The summed E-state index contributed by atoms with van der Waals surface area (Å²) in [6.07, 6.45) is 0.788. The van der Waals surface area contributed by atoms with Crippen molar-refractivity contribution in [2.45, 2.75) is 32.9 Å². The van der Waals surface area contributed by atoms with Crippen LogP contribution in [0, 0.1) is 0 Å². The Morgan fingerprint density at radius 2 is 1.80 bits per heavy atom. The number of rotatable bonds is 9. The number of para-hydroxylation sites is 1. The maximum Gasteiger partial charge on any atom is 0.328 e. The molecule has 0 fully saturated rings. The lowest BCUT2D eigenvalue weighted by molar-refractivity contribution is -0.151. The molecular weight excluding hydrogens is 392 g/mol. The summed E-state index contributed by atoms with van der Waals surface area (Å²) in [6, 6.07) is 9.58. The van der Waals surface area contributed by atoms with E-state index in [0.717, 1.165) is 0 Å². The first kappa shape index (κ1) is 22.7. The van der Waals surface area contributed by atoms with Gasteiger partial charge in [-0.25, -0.2) is 9.78 Å². The van der Waals surface area contributed by atoms with E-state index in [2.05, 4.69) is 10.3 Å². The number of nitrogens with zero attached hydrogens (tertiary/aromatic N) is 1. The van der Waals surface area contributed by atoms with Gasteiger partial charge in [0.1, 0.15) is 24.5 Å². The van der Waals surface area contributed by atoms with Crippen molar-refractivity contribution in [3.8, 4) is 17.2 Å². The molecule has 0 spiro atoms. The number of pyridine rings is 1. The van der Waals surface area contributed by atoms with Crippen molar-refractivity contribution in [2.24, 2.45) is 0 Å². The van der Waals surface area contributed by atoms with Gasteiger partial charge in [-0.15, -0.1) is 0 Å². The molecule has 1 amide bonds. The standard InChI is InChI=1S/C21H24N2O7/c1-13(12-28-16-8-6-5-7-9-16)29-21(26)14(2)23-20(25)18-19(30-15(3)24)17(27-4)10-11-22-18/h5-11,13-14H,12H2,1-4H3,(H,23,25)/t13-,14-/m0/s1. The average Bonchev–Trinajstić information content (AvgIpc) is 2.72. The zero-order chi connectivity index (χ0) is 22.1. The van der Waals surface area contributed by atoms with E-state index in [-0.39, 0.29) is 23.8 Å². The number of carbonyl (C=O) groups excluding carboxylic acids is 3. The fourth-order valence-corrected chi connectivity index (χ4v) is 2.38. The van der Waals surface area contributed by atoms with Gasteiger partial charge in [0, 0.05) is 19.2 Å². The van der Waals surface area contributed by atoms with Gasteiger partial charge in [0.05, 0.1) is 7.11 Å². The molecule has 0 aliphatic heterocycles. The molecule has 0 aliphatic rings. The normalized spacial score (nSPS) is 12.3. The molecule has 0 bridgehead atoms. The molecule has 30 heavy (non-hydrogen) atoms. The fourth-order valence-electron chi connectivity index (χ4n) is 2.38. The van der Waals surface area contributed by atoms with E-state index in [4.69, 9.17) is 18.9 Å². The third-order valence-corrected chi connectivity index (χ3v) is 3.80. The average molecular weight is 416 g/mol. The molecule has 0 aliphatic carbocycles. The molecule has 160 valence electrons. The highest BCUT2D eigenvalue weighted by Crippen LogP contribution is 2.29.